The summed E-state index contributed by atoms with van der Waals surface area (Å²) >= 11 is 0. The van der Waals surface area contributed by atoms with Crippen LogP contribution in [0.4, 0.5) is 13.2 Å². The van der Waals surface area contributed by atoms with E-state index in [1.165, 1.54) is 0 Å². The lowest BCUT2D eigenvalue weighted by Crippen LogP contribution is -2.48. The van der Waals surface area contributed by atoms with Crippen LogP contribution in [0.25, 0.3) is 5.65 Å². The van der Waals surface area contributed by atoms with Gasteiger partial charge >= 0.3 is 6.18 Å². The summed E-state index contributed by atoms with van der Waals surface area (Å²) in [6.45, 7) is 3.87. The molecule has 0 spiro atoms. The van der Waals surface area contributed by atoms with E-state index < -0.39 is 30.5 Å². The van der Waals surface area contributed by atoms with Crippen LogP contribution in [0.1, 0.15) is 79.8 Å². The lowest BCUT2D eigenvalue weighted by molar-refractivity contribution is -0.184. The maximum absolute atomic E-state index is 13.4. The predicted molar refractivity (Wildman–Crippen MR) is 139 cm³/mol. The monoisotopic (exact) mass is 557 g/mol. The lowest BCUT2D eigenvalue weighted by atomic mass is 9.80. The number of nitrogens with zero attached hydrogens (tertiary/aromatic N) is 5. The number of nitrogens with one attached hydrogen (secondary N) is 2. The van der Waals surface area contributed by atoms with Crippen LogP contribution in [-0.4, -0.2) is 48.9 Å². The van der Waals surface area contributed by atoms with E-state index in [1.807, 2.05) is 13.1 Å². The summed E-state index contributed by atoms with van der Waals surface area (Å²) in [4.78, 5) is 30.7. The number of imidazole rings is 1. The molecule has 2 aliphatic carbocycles. The van der Waals surface area contributed by atoms with Crippen molar-refractivity contribution in [3.8, 4) is 0 Å². The van der Waals surface area contributed by atoms with E-state index in [0.717, 1.165) is 25.7 Å². The Morgan fingerprint density at radius 2 is 1.88 bits per heavy atom. The molecular weight excluding hydrogens is 523 g/mol. The van der Waals surface area contributed by atoms with Gasteiger partial charge in [-0.05, 0) is 75.0 Å². The lowest BCUT2D eigenvalue weighted by Gasteiger charge is -2.33. The smallest absolute Gasteiger partial charge is 0.355 e. The van der Waals surface area contributed by atoms with Crippen molar-refractivity contribution < 1.29 is 22.8 Å². The second-order valence-corrected chi connectivity index (χ2v) is 11.6. The minimum Gasteiger partial charge on any atom is -0.355 e. The predicted octanol–water partition coefficient (Wildman–Crippen LogP) is 4.27. The van der Waals surface area contributed by atoms with Crippen molar-refractivity contribution in [1.82, 2.24) is 35.0 Å². The Balaban J connectivity index is 1.29. The molecule has 2 saturated carbocycles. The van der Waals surface area contributed by atoms with Crippen LogP contribution in [-0.2, 0) is 11.3 Å². The van der Waals surface area contributed by atoms with Gasteiger partial charge < -0.3 is 10.6 Å². The van der Waals surface area contributed by atoms with Gasteiger partial charge in [0, 0.05) is 31.1 Å². The molecule has 4 atom stereocenters. The standard InChI is InChI=1S/C28H34F3N7O2/c1-3-37-22(10-11-33-37)27(40)35-25(24(16-4-5-16)17-6-7-17)21-14-38-23(34-21)9-8-20(36-38)15(2)19-12-18(28(29,30)31)13-32-26(19)39/h8-11,14-19,24-25H,3-7,12-13H2,1-2H3,(H,32,39)(H,35,40)/t15?,18-,19?,25?/m1/s1. The number of amides is 2. The first-order valence-electron chi connectivity index (χ1n) is 14.2. The highest BCUT2D eigenvalue weighted by atomic mass is 19.4. The molecule has 3 unspecified atom stereocenters. The van der Waals surface area contributed by atoms with Gasteiger partial charge in [-0.2, -0.15) is 23.4 Å². The van der Waals surface area contributed by atoms with Crippen molar-refractivity contribution in [3.05, 3.63) is 47.7 Å². The van der Waals surface area contributed by atoms with Crippen molar-refractivity contribution in [2.24, 2.45) is 29.6 Å². The van der Waals surface area contributed by atoms with Gasteiger partial charge in [0.05, 0.1) is 29.5 Å². The number of carbonyl (C=O) groups is 2. The fourth-order valence-corrected chi connectivity index (χ4v) is 6.30. The first kappa shape index (κ1) is 26.8. The molecule has 40 heavy (non-hydrogen) atoms. The van der Waals surface area contributed by atoms with E-state index in [2.05, 4.69) is 20.8 Å². The quantitative estimate of drug-likeness (QED) is 0.409. The maximum atomic E-state index is 13.4. The third kappa shape index (κ3) is 5.19. The molecule has 3 aromatic rings. The molecule has 1 saturated heterocycles. The van der Waals surface area contributed by atoms with Crippen LogP contribution < -0.4 is 10.6 Å². The van der Waals surface area contributed by atoms with Crippen molar-refractivity contribution in [3.63, 3.8) is 0 Å². The summed E-state index contributed by atoms with van der Waals surface area (Å²) in [5.41, 5.74) is 2.31. The molecule has 3 aliphatic rings. The van der Waals surface area contributed by atoms with Gasteiger partial charge in [-0.1, -0.05) is 6.92 Å². The first-order chi connectivity index (χ1) is 19.1. The summed E-state index contributed by atoms with van der Waals surface area (Å²) in [5, 5.41) is 14.6. The van der Waals surface area contributed by atoms with Crippen LogP contribution in [0.15, 0.2) is 30.6 Å². The molecular formula is C28H34F3N7O2. The molecule has 6 rings (SSSR count). The normalized spacial score (nSPS) is 23.3. The molecule has 2 N–H and O–H groups in total. The Labute approximate surface area is 229 Å². The van der Waals surface area contributed by atoms with E-state index in [4.69, 9.17) is 4.98 Å². The molecule has 2 amide bonds. The molecule has 0 aromatic carbocycles. The molecule has 9 nitrogen and oxygen atoms in total. The number of alkyl halides is 3. The number of carbonyl (C=O) groups excluding carboxylic acids is 2. The fraction of sp³-hybridized carbons (Fsp3) is 0.607. The number of rotatable bonds is 9. The summed E-state index contributed by atoms with van der Waals surface area (Å²) in [6, 6.07) is 4.92. The molecule has 0 radical (unpaired) electrons. The van der Waals surface area contributed by atoms with E-state index in [0.29, 0.717) is 41.1 Å². The summed E-state index contributed by atoms with van der Waals surface area (Å²) in [7, 11) is 0. The number of piperidine rings is 1. The van der Waals surface area contributed by atoms with E-state index in [1.54, 1.807) is 40.5 Å². The van der Waals surface area contributed by atoms with Gasteiger partial charge in [-0.3, -0.25) is 14.3 Å². The highest BCUT2D eigenvalue weighted by Crippen LogP contribution is 2.54. The number of aryl methyl sites for hydroxylation is 1. The molecule has 12 heteroatoms. The van der Waals surface area contributed by atoms with Gasteiger partial charge in [0.15, 0.2) is 5.65 Å². The number of hydrogen-bond donors (Lipinski definition) is 2. The summed E-state index contributed by atoms with van der Waals surface area (Å²) in [5.74, 6) is -2.16. The molecule has 214 valence electrons. The SMILES string of the molecule is CCn1nccc1C(=O)NC(c1cn2nc(C(C)C3C[C@@H](C(F)(F)F)CNC3=O)ccc2n1)C(C1CC1)C1CC1. The summed E-state index contributed by atoms with van der Waals surface area (Å²) in [6.07, 6.45) is 3.34. The molecule has 3 aromatic heterocycles. The average molecular weight is 558 g/mol. The maximum Gasteiger partial charge on any atom is 0.393 e. The Bertz CT molecular complexity index is 1400. The van der Waals surface area contributed by atoms with Gasteiger partial charge in [-0.25, -0.2) is 9.50 Å². The molecule has 4 heterocycles. The van der Waals surface area contributed by atoms with Crippen LogP contribution in [0.2, 0.25) is 0 Å². The van der Waals surface area contributed by atoms with Crippen molar-refractivity contribution in [1.29, 1.82) is 0 Å². The van der Waals surface area contributed by atoms with Crippen LogP contribution in [0.3, 0.4) is 0 Å². The van der Waals surface area contributed by atoms with E-state index in [-0.39, 0.29) is 30.2 Å². The van der Waals surface area contributed by atoms with E-state index in [9.17, 15) is 22.8 Å². The highest BCUT2D eigenvalue weighted by molar-refractivity contribution is 5.92. The molecule has 0 bridgehead atoms. The third-order valence-electron chi connectivity index (χ3n) is 8.86. The molecule has 3 fully saturated rings. The zero-order valence-corrected chi connectivity index (χ0v) is 22.6. The van der Waals surface area contributed by atoms with Crippen molar-refractivity contribution in [2.45, 2.75) is 70.6 Å². The van der Waals surface area contributed by atoms with Crippen LogP contribution in [0, 0.1) is 29.6 Å². The van der Waals surface area contributed by atoms with Gasteiger partial charge in [0.25, 0.3) is 5.91 Å². The first-order valence-corrected chi connectivity index (χ1v) is 14.2. The average Bonchev–Trinajstić information content (AvgIpc) is 3.85. The van der Waals surface area contributed by atoms with Gasteiger partial charge in [0.2, 0.25) is 5.91 Å². The Morgan fingerprint density at radius 3 is 2.52 bits per heavy atom. The Hall–Kier alpha value is -3.44. The second kappa shape index (κ2) is 10.2. The third-order valence-corrected chi connectivity index (χ3v) is 8.86. The van der Waals surface area contributed by atoms with Crippen molar-refractivity contribution >= 4 is 17.5 Å². The number of fused-ring (bicyclic) bond motifs is 1. The van der Waals surface area contributed by atoms with Gasteiger partial charge in [-0.15, -0.1) is 0 Å². The van der Waals surface area contributed by atoms with Gasteiger partial charge in [0.1, 0.15) is 5.69 Å². The zero-order chi connectivity index (χ0) is 28.2. The van der Waals surface area contributed by atoms with Crippen LogP contribution >= 0.6 is 0 Å². The largest absolute Gasteiger partial charge is 0.393 e. The number of hydrogen-bond acceptors (Lipinski definition) is 5. The fourth-order valence-electron chi connectivity index (χ4n) is 6.30. The highest BCUT2D eigenvalue weighted by Gasteiger charge is 2.48. The minimum absolute atomic E-state index is 0.197. The Kier molecular flexibility index (Phi) is 6.82. The summed E-state index contributed by atoms with van der Waals surface area (Å²) < 4.78 is 43.5. The number of aromatic nitrogens is 5. The Morgan fingerprint density at radius 1 is 1.15 bits per heavy atom. The topological polar surface area (TPSA) is 106 Å². The number of halogens is 3. The van der Waals surface area contributed by atoms with E-state index >= 15 is 0 Å². The van der Waals surface area contributed by atoms with Crippen molar-refractivity contribution in [2.75, 3.05) is 6.54 Å². The van der Waals surface area contributed by atoms with Crippen LogP contribution in [0.5, 0.6) is 0 Å². The minimum atomic E-state index is -4.36. The molecule has 1 aliphatic heterocycles. The zero-order valence-electron chi connectivity index (χ0n) is 22.6. The second-order valence-electron chi connectivity index (χ2n) is 11.6.